The van der Waals surface area contributed by atoms with Crippen molar-refractivity contribution in [2.45, 2.75) is 26.5 Å². The van der Waals surface area contributed by atoms with E-state index in [9.17, 15) is 23.2 Å². The third kappa shape index (κ3) is 6.62. The van der Waals surface area contributed by atoms with Gasteiger partial charge in [0.1, 0.15) is 18.3 Å². The fraction of sp³-hybridized carbons (Fsp3) is 0.476. The number of anilines is 2. The number of nitrogens with zero attached hydrogens (tertiary/aromatic N) is 6. The van der Waals surface area contributed by atoms with Crippen molar-refractivity contribution in [3.63, 3.8) is 0 Å². The van der Waals surface area contributed by atoms with Gasteiger partial charge in [0.15, 0.2) is 11.6 Å². The molecular formula is C21H28F2N8O4. The van der Waals surface area contributed by atoms with E-state index in [-0.39, 0.29) is 55.9 Å². The first-order valence-electron chi connectivity index (χ1n) is 11.0. The second-order valence-corrected chi connectivity index (χ2v) is 7.85. The molecule has 14 heteroatoms. The lowest BCUT2D eigenvalue weighted by Crippen LogP contribution is -2.45. The first kappa shape index (κ1) is 25.8. The van der Waals surface area contributed by atoms with Crippen LogP contribution in [0, 0.1) is 11.6 Å². The zero-order chi connectivity index (χ0) is 25.5. The predicted octanol–water partition coefficient (Wildman–Crippen LogP) is 0.507. The summed E-state index contributed by atoms with van der Waals surface area (Å²) in [6.45, 7) is 3.97. The van der Waals surface area contributed by atoms with Crippen molar-refractivity contribution in [1.29, 1.82) is 0 Å². The molecule has 12 nitrogen and oxygen atoms in total. The van der Waals surface area contributed by atoms with E-state index in [4.69, 9.17) is 4.74 Å². The van der Waals surface area contributed by atoms with Gasteiger partial charge in [0, 0.05) is 51.9 Å². The Hall–Kier alpha value is -3.81. The number of carbonyl (C=O) groups excluding carboxylic acids is 3. The first-order valence-corrected chi connectivity index (χ1v) is 11.0. The van der Waals surface area contributed by atoms with Crippen molar-refractivity contribution in [1.82, 2.24) is 30.7 Å². The van der Waals surface area contributed by atoms with Gasteiger partial charge in [0.25, 0.3) is 5.91 Å². The maximum atomic E-state index is 15.0. The Bertz CT molecular complexity index is 1030. The fourth-order valence-electron chi connectivity index (χ4n) is 3.54. The number of cyclic esters (lactones) is 1. The maximum Gasteiger partial charge on any atom is 0.414 e. The molecule has 2 N–H and O–H groups in total. The van der Waals surface area contributed by atoms with Gasteiger partial charge in [-0.15, -0.1) is 5.10 Å². The van der Waals surface area contributed by atoms with Crippen LogP contribution < -0.4 is 20.5 Å². The van der Waals surface area contributed by atoms with Crippen LogP contribution in [0.25, 0.3) is 0 Å². The number of nitrogens with one attached hydrogen (secondary N) is 2. The first-order chi connectivity index (χ1) is 16.7. The minimum atomic E-state index is -0.837. The number of carbonyl (C=O) groups is 3. The van der Waals surface area contributed by atoms with Crippen molar-refractivity contribution in [3.05, 3.63) is 36.2 Å². The molecule has 0 aliphatic carbocycles. The van der Waals surface area contributed by atoms with E-state index < -0.39 is 23.8 Å². The highest BCUT2D eigenvalue weighted by Gasteiger charge is 2.33. The van der Waals surface area contributed by atoms with Gasteiger partial charge in [0.2, 0.25) is 5.91 Å². The molecule has 1 aromatic heterocycles. The predicted molar refractivity (Wildman–Crippen MR) is 121 cm³/mol. The van der Waals surface area contributed by atoms with E-state index in [0.717, 1.165) is 17.0 Å². The molecule has 1 aliphatic heterocycles. The van der Waals surface area contributed by atoms with Crippen molar-refractivity contribution >= 4 is 29.3 Å². The van der Waals surface area contributed by atoms with Crippen LogP contribution in [-0.4, -0.2) is 83.8 Å². The highest BCUT2D eigenvalue weighted by Crippen LogP contribution is 2.30. The number of hydrogen-bond acceptors (Lipinski definition) is 8. The molecule has 1 saturated heterocycles. The number of hydrogen-bond donors (Lipinski definition) is 2. The minimum Gasteiger partial charge on any atom is -0.442 e. The van der Waals surface area contributed by atoms with Crippen molar-refractivity contribution in [3.8, 4) is 0 Å². The van der Waals surface area contributed by atoms with Crippen molar-refractivity contribution < 1.29 is 27.9 Å². The van der Waals surface area contributed by atoms with Crippen LogP contribution >= 0.6 is 0 Å². The lowest BCUT2D eigenvalue weighted by molar-refractivity contribution is -0.133. The Balaban J connectivity index is 1.60. The number of rotatable bonds is 11. The molecule has 3 amide bonds. The molecule has 0 bridgehead atoms. The van der Waals surface area contributed by atoms with Crippen LogP contribution in [0.2, 0.25) is 0 Å². The number of benzene rings is 1. The van der Waals surface area contributed by atoms with Gasteiger partial charge in [-0.3, -0.25) is 19.5 Å². The zero-order valence-electron chi connectivity index (χ0n) is 19.7. The molecule has 2 aromatic rings. The van der Waals surface area contributed by atoms with E-state index in [1.807, 2.05) is 0 Å². The zero-order valence-corrected chi connectivity index (χ0v) is 19.7. The topological polar surface area (TPSA) is 125 Å². The minimum absolute atomic E-state index is 0.00365. The van der Waals surface area contributed by atoms with Gasteiger partial charge in [0.05, 0.1) is 25.0 Å². The van der Waals surface area contributed by atoms with E-state index in [2.05, 4.69) is 21.1 Å². The highest BCUT2D eigenvalue weighted by atomic mass is 19.1. The number of aromatic nitrogens is 3. The second-order valence-electron chi connectivity index (χ2n) is 7.85. The molecule has 0 radical (unpaired) electrons. The standard InChI is InChI=1S/C21H28F2N8O4/c1-4-29(7-6-26-28(3)19(33)13-30-8-5-25-27-30)20-17(22)9-15(10-18(20)23)31-12-16(35-21(31)34)11-24-14(2)32/h5,8-10,16,26H,4,6-7,11-13H2,1-3H3,(H,24,32)/t16-/m0/s1. The molecule has 0 spiro atoms. The number of hydrazine groups is 1. The molecule has 35 heavy (non-hydrogen) atoms. The van der Waals surface area contributed by atoms with Gasteiger partial charge >= 0.3 is 6.09 Å². The van der Waals surface area contributed by atoms with E-state index in [0.29, 0.717) is 6.54 Å². The lowest BCUT2D eigenvalue weighted by Gasteiger charge is -2.27. The molecule has 3 rings (SSSR count). The Labute approximate surface area is 200 Å². The van der Waals surface area contributed by atoms with Crippen molar-refractivity contribution in [2.24, 2.45) is 0 Å². The average molecular weight is 495 g/mol. The summed E-state index contributed by atoms with van der Waals surface area (Å²) in [5.74, 6) is -2.22. The highest BCUT2D eigenvalue weighted by molar-refractivity contribution is 5.90. The largest absolute Gasteiger partial charge is 0.442 e. The molecule has 190 valence electrons. The van der Waals surface area contributed by atoms with Crippen LogP contribution in [0.3, 0.4) is 0 Å². The summed E-state index contributed by atoms with van der Waals surface area (Å²) in [7, 11) is 1.54. The Morgan fingerprint density at radius 1 is 1.29 bits per heavy atom. The van der Waals surface area contributed by atoms with Crippen LogP contribution in [0.4, 0.5) is 25.0 Å². The van der Waals surface area contributed by atoms with E-state index in [1.54, 1.807) is 20.2 Å². The van der Waals surface area contributed by atoms with E-state index >= 15 is 0 Å². The average Bonchev–Trinajstić information content (AvgIpc) is 3.45. The van der Waals surface area contributed by atoms with Gasteiger partial charge < -0.3 is 15.0 Å². The van der Waals surface area contributed by atoms with Crippen LogP contribution in [0.5, 0.6) is 0 Å². The second kappa shape index (κ2) is 11.6. The Morgan fingerprint density at radius 3 is 2.60 bits per heavy atom. The van der Waals surface area contributed by atoms with Crippen molar-refractivity contribution in [2.75, 3.05) is 49.6 Å². The molecular weight excluding hydrogens is 466 g/mol. The van der Waals surface area contributed by atoms with Crippen LogP contribution in [-0.2, 0) is 20.9 Å². The quantitative estimate of drug-likeness (QED) is 0.433. The third-order valence-corrected chi connectivity index (χ3v) is 5.34. The summed E-state index contributed by atoms with van der Waals surface area (Å²) in [6, 6.07) is 2.15. The summed E-state index contributed by atoms with van der Waals surface area (Å²) >= 11 is 0. The molecule has 1 fully saturated rings. The smallest absolute Gasteiger partial charge is 0.414 e. The van der Waals surface area contributed by atoms with Gasteiger partial charge in [-0.25, -0.2) is 23.7 Å². The molecule has 1 atom stereocenters. The maximum absolute atomic E-state index is 15.0. The summed E-state index contributed by atoms with van der Waals surface area (Å²) in [5, 5.41) is 11.2. The third-order valence-electron chi connectivity index (χ3n) is 5.34. The number of ether oxygens (including phenoxy) is 1. The Kier molecular flexibility index (Phi) is 8.52. The van der Waals surface area contributed by atoms with Gasteiger partial charge in [-0.2, -0.15) is 0 Å². The van der Waals surface area contributed by atoms with Gasteiger partial charge in [-0.05, 0) is 6.92 Å². The molecule has 1 aliphatic rings. The SMILES string of the molecule is CCN(CCNN(C)C(=O)Cn1ccnn1)c1c(F)cc(N2C[C@H](CNC(C)=O)OC2=O)cc1F. The van der Waals surface area contributed by atoms with Crippen LogP contribution in [0.15, 0.2) is 24.5 Å². The normalized spacial score (nSPS) is 15.2. The summed E-state index contributed by atoms with van der Waals surface area (Å²) < 4.78 is 36.5. The number of halogens is 2. The summed E-state index contributed by atoms with van der Waals surface area (Å²) in [6.07, 6.45) is 1.65. The Morgan fingerprint density at radius 2 is 2.00 bits per heavy atom. The molecule has 0 unspecified atom stereocenters. The fourth-order valence-corrected chi connectivity index (χ4v) is 3.54. The molecule has 2 heterocycles. The molecule has 0 saturated carbocycles. The monoisotopic (exact) mass is 494 g/mol. The summed E-state index contributed by atoms with van der Waals surface area (Å²) in [4.78, 5) is 38.0. The van der Waals surface area contributed by atoms with Gasteiger partial charge in [-0.1, -0.05) is 5.21 Å². The molecule has 1 aromatic carbocycles. The van der Waals surface area contributed by atoms with E-state index in [1.165, 1.54) is 27.7 Å². The number of amides is 3. The van der Waals surface area contributed by atoms with Crippen LogP contribution in [0.1, 0.15) is 13.8 Å². The lowest BCUT2D eigenvalue weighted by atomic mass is 10.2. The summed E-state index contributed by atoms with van der Waals surface area (Å²) in [5.41, 5.74) is 2.67. The number of likely N-dealkylation sites (N-methyl/N-ethyl adjacent to an activating group) is 2.